The van der Waals surface area contributed by atoms with Crippen molar-refractivity contribution >= 4 is 18.5 Å². The van der Waals surface area contributed by atoms with Crippen LogP contribution in [0.1, 0.15) is 13.3 Å². The van der Waals surface area contributed by atoms with Gasteiger partial charge in [0, 0.05) is 0 Å². The Balaban J connectivity index is 2.31. The molecule has 1 aliphatic rings. The molecule has 0 bridgehead atoms. The van der Waals surface area contributed by atoms with Gasteiger partial charge in [0.05, 0.1) is 12.2 Å². The second-order valence-electron chi connectivity index (χ2n) is 3.20. The third kappa shape index (κ3) is 1.61. The highest BCUT2D eigenvalue weighted by atomic mass is 32.1. The Labute approximate surface area is 84.0 Å². The van der Waals surface area contributed by atoms with Crippen LogP contribution in [0.25, 0.3) is 0 Å². The van der Waals surface area contributed by atoms with E-state index in [0.29, 0.717) is 0 Å². The lowest BCUT2D eigenvalue weighted by atomic mass is 10.2. The Bertz CT molecular complexity index is 303. The number of rotatable bonds is 1. The maximum Gasteiger partial charge on any atom is 0.143 e. The number of anilines is 1. The Morgan fingerprint density at radius 1 is 1.54 bits per heavy atom. The number of benzene rings is 1. The van der Waals surface area contributed by atoms with Crippen LogP contribution in [-0.2, 0) is 0 Å². The summed E-state index contributed by atoms with van der Waals surface area (Å²) in [5.74, 6) is 0.940. The fraction of sp³-hybridized carbons (Fsp3) is 0.400. The van der Waals surface area contributed by atoms with E-state index >= 15 is 0 Å². The van der Waals surface area contributed by atoms with Gasteiger partial charge >= 0.3 is 0 Å². The maximum atomic E-state index is 5.76. The highest BCUT2D eigenvalue weighted by Crippen LogP contribution is 2.34. The standard InChI is InChI=1S/C10H13NOS/c1-2-8-7-11(13)9-5-3-4-6-10(9)12-8/h3-6,8,13H,2,7H2,1H3. The zero-order valence-electron chi connectivity index (χ0n) is 7.60. The summed E-state index contributed by atoms with van der Waals surface area (Å²) in [5.41, 5.74) is 1.07. The quantitative estimate of drug-likeness (QED) is 0.691. The summed E-state index contributed by atoms with van der Waals surface area (Å²) >= 11 is 4.41. The van der Waals surface area contributed by atoms with Gasteiger partial charge in [0.25, 0.3) is 0 Å². The first-order valence-electron chi connectivity index (χ1n) is 4.53. The summed E-state index contributed by atoms with van der Waals surface area (Å²) in [4.78, 5) is 0. The number of thiol groups is 1. The van der Waals surface area contributed by atoms with Crippen LogP contribution in [0.3, 0.4) is 0 Å². The number of nitrogens with zero attached hydrogens (tertiary/aromatic N) is 1. The highest BCUT2D eigenvalue weighted by Gasteiger charge is 2.21. The third-order valence-corrected chi connectivity index (χ3v) is 2.65. The zero-order chi connectivity index (χ0) is 9.26. The highest BCUT2D eigenvalue weighted by molar-refractivity contribution is 7.81. The third-order valence-electron chi connectivity index (χ3n) is 2.27. The summed E-state index contributed by atoms with van der Waals surface area (Å²) in [6.45, 7) is 2.98. The smallest absolute Gasteiger partial charge is 0.143 e. The van der Waals surface area contributed by atoms with Crippen LogP contribution in [0.15, 0.2) is 24.3 Å². The summed E-state index contributed by atoms with van der Waals surface area (Å²) in [6, 6.07) is 7.99. The molecule has 1 atom stereocenters. The molecule has 0 aliphatic carbocycles. The van der Waals surface area contributed by atoms with Gasteiger partial charge in [-0.15, -0.1) is 0 Å². The molecule has 0 N–H and O–H groups in total. The maximum absolute atomic E-state index is 5.76. The predicted octanol–water partition coefficient (Wildman–Crippen LogP) is 2.51. The van der Waals surface area contributed by atoms with Crippen LogP contribution in [0.4, 0.5) is 5.69 Å². The van der Waals surface area contributed by atoms with Crippen molar-refractivity contribution in [1.82, 2.24) is 0 Å². The van der Waals surface area contributed by atoms with Gasteiger partial charge in [0.15, 0.2) is 0 Å². The van der Waals surface area contributed by atoms with Crippen molar-refractivity contribution in [3.05, 3.63) is 24.3 Å². The summed E-state index contributed by atoms with van der Waals surface area (Å²) in [7, 11) is 0. The van der Waals surface area contributed by atoms with E-state index in [1.54, 1.807) is 0 Å². The van der Waals surface area contributed by atoms with Crippen molar-refractivity contribution in [3.63, 3.8) is 0 Å². The molecule has 1 unspecified atom stereocenters. The van der Waals surface area contributed by atoms with Crippen LogP contribution >= 0.6 is 12.8 Å². The fourth-order valence-corrected chi connectivity index (χ4v) is 1.84. The Kier molecular flexibility index (Phi) is 2.36. The van der Waals surface area contributed by atoms with Gasteiger partial charge < -0.3 is 9.04 Å². The molecular formula is C10H13NOS. The zero-order valence-corrected chi connectivity index (χ0v) is 8.50. The van der Waals surface area contributed by atoms with E-state index < -0.39 is 0 Å². The summed E-state index contributed by atoms with van der Waals surface area (Å²) in [5, 5.41) is 0. The van der Waals surface area contributed by atoms with E-state index in [4.69, 9.17) is 4.74 Å². The lowest BCUT2D eigenvalue weighted by Gasteiger charge is -2.32. The minimum Gasteiger partial charge on any atom is -0.486 e. The number of fused-ring (bicyclic) bond motifs is 1. The Morgan fingerprint density at radius 3 is 3.08 bits per heavy atom. The molecule has 0 radical (unpaired) electrons. The molecular weight excluding hydrogens is 182 g/mol. The van der Waals surface area contributed by atoms with Crippen molar-refractivity contribution < 1.29 is 4.74 Å². The molecule has 13 heavy (non-hydrogen) atoms. The molecule has 1 aromatic carbocycles. The Morgan fingerprint density at radius 2 is 2.31 bits per heavy atom. The SMILES string of the molecule is CCC1CN(S)c2ccccc2O1. The van der Waals surface area contributed by atoms with Crippen molar-refractivity contribution in [3.8, 4) is 5.75 Å². The first kappa shape index (κ1) is 8.75. The second-order valence-corrected chi connectivity index (χ2v) is 3.68. The lowest BCUT2D eigenvalue weighted by molar-refractivity contribution is 0.197. The normalized spacial score (nSPS) is 20.8. The van der Waals surface area contributed by atoms with Gasteiger partial charge in [0.2, 0.25) is 0 Å². The van der Waals surface area contributed by atoms with Crippen LogP contribution in [0.2, 0.25) is 0 Å². The van der Waals surface area contributed by atoms with Crippen molar-refractivity contribution in [1.29, 1.82) is 0 Å². The first-order chi connectivity index (χ1) is 6.31. The first-order valence-corrected chi connectivity index (χ1v) is 4.93. The molecule has 0 amide bonds. The van der Waals surface area contributed by atoms with E-state index in [1.165, 1.54) is 0 Å². The number of hydrogen-bond donors (Lipinski definition) is 1. The van der Waals surface area contributed by atoms with E-state index in [1.807, 2.05) is 28.6 Å². The molecule has 2 nitrogen and oxygen atoms in total. The number of hydrogen-bond acceptors (Lipinski definition) is 3. The molecule has 0 saturated heterocycles. The minimum absolute atomic E-state index is 0.271. The molecule has 0 spiro atoms. The fourth-order valence-electron chi connectivity index (χ4n) is 1.49. The number of ether oxygens (including phenoxy) is 1. The molecule has 2 rings (SSSR count). The van der Waals surface area contributed by atoms with Crippen molar-refractivity contribution in [2.75, 3.05) is 10.8 Å². The van der Waals surface area contributed by atoms with Crippen molar-refractivity contribution in [2.24, 2.45) is 0 Å². The van der Waals surface area contributed by atoms with Crippen molar-refractivity contribution in [2.45, 2.75) is 19.4 Å². The van der Waals surface area contributed by atoms with Crippen LogP contribution < -0.4 is 9.04 Å². The van der Waals surface area contributed by atoms with Crippen LogP contribution in [0, 0.1) is 0 Å². The molecule has 3 heteroatoms. The molecule has 1 aromatic rings. The molecule has 0 fully saturated rings. The number of para-hydroxylation sites is 2. The molecule has 1 aliphatic heterocycles. The van der Waals surface area contributed by atoms with Gasteiger partial charge in [-0.05, 0) is 18.6 Å². The molecule has 0 saturated carbocycles. The summed E-state index contributed by atoms with van der Waals surface area (Å²) in [6.07, 6.45) is 1.29. The van der Waals surface area contributed by atoms with Crippen LogP contribution in [-0.4, -0.2) is 12.6 Å². The van der Waals surface area contributed by atoms with E-state index in [2.05, 4.69) is 19.7 Å². The van der Waals surface area contributed by atoms with Gasteiger partial charge in [-0.3, -0.25) is 0 Å². The molecule has 0 aromatic heterocycles. The average Bonchev–Trinajstić information content (AvgIpc) is 2.18. The predicted molar refractivity (Wildman–Crippen MR) is 57.5 cm³/mol. The van der Waals surface area contributed by atoms with Gasteiger partial charge in [-0.25, -0.2) is 0 Å². The van der Waals surface area contributed by atoms with Gasteiger partial charge in [0.1, 0.15) is 11.9 Å². The second kappa shape index (κ2) is 3.50. The molecule has 70 valence electrons. The average molecular weight is 195 g/mol. The van der Waals surface area contributed by atoms with Crippen LogP contribution in [0.5, 0.6) is 5.75 Å². The van der Waals surface area contributed by atoms with E-state index in [9.17, 15) is 0 Å². The monoisotopic (exact) mass is 195 g/mol. The lowest BCUT2D eigenvalue weighted by Crippen LogP contribution is -2.34. The topological polar surface area (TPSA) is 12.5 Å². The molecule has 1 heterocycles. The largest absolute Gasteiger partial charge is 0.486 e. The van der Waals surface area contributed by atoms with E-state index in [0.717, 1.165) is 24.4 Å². The summed E-state index contributed by atoms with van der Waals surface area (Å²) < 4.78 is 7.71. The van der Waals surface area contributed by atoms with E-state index in [-0.39, 0.29) is 6.10 Å². The van der Waals surface area contributed by atoms with Gasteiger partial charge in [-0.2, -0.15) is 0 Å². The van der Waals surface area contributed by atoms with Gasteiger partial charge in [-0.1, -0.05) is 31.9 Å². The Hall–Kier alpha value is -0.830. The minimum atomic E-state index is 0.271.